The molecule has 1 aliphatic heterocycles. The van der Waals surface area contributed by atoms with E-state index in [-0.39, 0.29) is 62.8 Å². The predicted molar refractivity (Wildman–Crippen MR) is 231 cm³/mol. The number of likely N-dealkylation sites (N-methyl/N-ethyl adjacent to an activating group) is 1. The Hall–Kier alpha value is -5.88. The predicted octanol–water partition coefficient (Wildman–Crippen LogP) is 1.74. The molecule has 1 saturated heterocycles. The third kappa shape index (κ3) is 17.1. The van der Waals surface area contributed by atoms with Crippen LogP contribution in [0.15, 0.2) is 30.6 Å². The van der Waals surface area contributed by atoms with Crippen molar-refractivity contribution in [3.63, 3.8) is 0 Å². The monoisotopic (exact) mass is 882 g/mol. The molecule has 7 amide bonds. The Bertz CT molecular complexity index is 1800. The van der Waals surface area contributed by atoms with Gasteiger partial charge in [0.2, 0.25) is 41.4 Å². The van der Waals surface area contributed by atoms with Crippen LogP contribution < -0.4 is 27.0 Å². The highest BCUT2D eigenvalue weighted by molar-refractivity contribution is 5.99. The number of likely N-dealkylation sites (tertiary alicyclic amines) is 1. The molecule has 19 nitrogen and oxygen atoms in total. The summed E-state index contributed by atoms with van der Waals surface area (Å²) in [6.45, 7) is 7.41. The number of carboxylic acid groups (broad SMARTS) is 2. The lowest BCUT2D eigenvalue weighted by Gasteiger charge is -2.34. The summed E-state index contributed by atoms with van der Waals surface area (Å²) >= 11 is 0. The number of nitrogens with one attached hydrogen (secondary N) is 4. The smallest absolute Gasteiger partial charge is 0.326 e. The van der Waals surface area contributed by atoms with E-state index in [4.69, 9.17) is 5.73 Å². The summed E-state index contributed by atoms with van der Waals surface area (Å²) < 4.78 is 0. The van der Waals surface area contributed by atoms with Gasteiger partial charge in [-0.25, -0.2) is 4.79 Å². The van der Waals surface area contributed by atoms with Gasteiger partial charge in [0.15, 0.2) is 0 Å². The zero-order valence-corrected chi connectivity index (χ0v) is 37.0. The van der Waals surface area contributed by atoms with Gasteiger partial charge in [-0.2, -0.15) is 0 Å². The fourth-order valence-electron chi connectivity index (χ4n) is 8.07. The number of hydrogen-bond donors (Lipinski definition) is 7. The number of aliphatic carboxylic acids is 2. The number of rotatable bonds is 24. The van der Waals surface area contributed by atoms with E-state index < -0.39 is 96.0 Å². The van der Waals surface area contributed by atoms with Gasteiger partial charge < -0.3 is 47.0 Å². The van der Waals surface area contributed by atoms with Gasteiger partial charge in [0, 0.05) is 38.5 Å². The molecule has 63 heavy (non-hydrogen) atoms. The minimum Gasteiger partial charge on any atom is -0.481 e. The van der Waals surface area contributed by atoms with Gasteiger partial charge in [-0.3, -0.25) is 43.3 Å². The molecule has 3 rings (SSSR count). The first-order valence-electron chi connectivity index (χ1n) is 21.9. The zero-order chi connectivity index (χ0) is 46.8. The standard InChI is InChI=1S/C44H66N8O11/c1-26(2)21-31(43(61)52-20-10-14-34(52)40(58)50-33(44(62)63)22-27(3)4)49-41(59)35(24-38(55)56)51(5)42(60)32(23-28-11-7-6-8-12-28)48-39(57)30(16-17-36(45)53)47-37(54)18-15-29-13-9-19-46-25-29/h9,13,15,18-19,25-28,30-35H,6-8,10-12,14,16-17,20-24H2,1-5H3,(H2,45,53)(H,47,54)(H,48,57)(H,49,59)(H,50,58)(H,55,56)(H,62,63)/b18-15+/t30-,31-,32-,33-,34-,35-/m0/s1. The van der Waals surface area contributed by atoms with E-state index in [1.54, 1.807) is 18.3 Å². The largest absolute Gasteiger partial charge is 0.481 e. The number of carbonyl (C=O) groups is 9. The maximum atomic E-state index is 14.5. The lowest BCUT2D eigenvalue weighted by molar-refractivity contribution is -0.149. The van der Waals surface area contributed by atoms with Crippen molar-refractivity contribution >= 4 is 59.4 Å². The molecule has 348 valence electrons. The minimum atomic E-state index is -1.66. The van der Waals surface area contributed by atoms with Gasteiger partial charge in [0.1, 0.15) is 36.3 Å². The average molecular weight is 883 g/mol. The molecule has 19 heteroatoms. The molecule has 1 saturated carbocycles. The molecule has 2 fully saturated rings. The van der Waals surface area contributed by atoms with Gasteiger partial charge in [-0.15, -0.1) is 0 Å². The Morgan fingerprint density at radius 2 is 1.49 bits per heavy atom. The Kier molecular flexibility index (Phi) is 20.7. The van der Waals surface area contributed by atoms with Crippen molar-refractivity contribution in [1.29, 1.82) is 0 Å². The summed E-state index contributed by atoms with van der Waals surface area (Å²) in [5.74, 6) is -8.04. The zero-order valence-electron chi connectivity index (χ0n) is 37.0. The van der Waals surface area contributed by atoms with Crippen LogP contribution >= 0.6 is 0 Å². The highest BCUT2D eigenvalue weighted by Crippen LogP contribution is 2.28. The van der Waals surface area contributed by atoms with Crippen molar-refractivity contribution in [3.05, 3.63) is 36.2 Å². The quantitative estimate of drug-likeness (QED) is 0.0732. The first-order valence-corrected chi connectivity index (χ1v) is 21.9. The summed E-state index contributed by atoms with van der Waals surface area (Å²) in [4.78, 5) is 125. The number of nitrogens with two attached hydrogens (primary N) is 1. The van der Waals surface area contributed by atoms with Crippen molar-refractivity contribution in [2.45, 2.75) is 147 Å². The molecule has 0 aromatic carbocycles. The fraction of sp³-hybridized carbons (Fsp3) is 0.636. The van der Waals surface area contributed by atoms with Crippen LogP contribution in [0, 0.1) is 17.8 Å². The number of hydrogen-bond acceptors (Lipinski definition) is 10. The lowest BCUT2D eigenvalue weighted by atomic mass is 9.84. The van der Waals surface area contributed by atoms with Crippen LogP contribution in [-0.4, -0.2) is 128 Å². The SMILES string of the molecule is CC(C)C[C@H](NC(=O)[C@@H]1CCCN1C(=O)[C@H](CC(C)C)NC(=O)[C@H](CC(=O)O)N(C)C(=O)[C@H](CC1CCCCC1)NC(=O)[C@H](CCC(N)=O)NC(=O)/C=C/c1cccnc1)C(=O)O. The van der Waals surface area contributed by atoms with Crippen LogP contribution in [0.4, 0.5) is 0 Å². The fourth-order valence-corrected chi connectivity index (χ4v) is 8.07. The average Bonchev–Trinajstić information content (AvgIpc) is 3.72. The lowest BCUT2D eigenvalue weighted by Crippen LogP contribution is -2.60. The molecule has 0 unspecified atom stereocenters. The van der Waals surface area contributed by atoms with Gasteiger partial charge in [-0.05, 0) is 74.0 Å². The summed E-state index contributed by atoms with van der Waals surface area (Å²) in [6, 6.07) is -4.27. The highest BCUT2D eigenvalue weighted by Gasteiger charge is 2.41. The molecule has 1 aromatic heterocycles. The maximum Gasteiger partial charge on any atom is 0.326 e. The minimum absolute atomic E-state index is 0.0102. The van der Waals surface area contributed by atoms with Gasteiger partial charge in [0.25, 0.3) is 0 Å². The molecular formula is C44H66N8O11. The number of primary amides is 1. The highest BCUT2D eigenvalue weighted by atomic mass is 16.4. The maximum absolute atomic E-state index is 14.5. The summed E-state index contributed by atoms with van der Waals surface area (Å²) in [6.07, 6.45) is 9.83. The van der Waals surface area contributed by atoms with Gasteiger partial charge >= 0.3 is 11.9 Å². The molecule has 2 heterocycles. The van der Waals surface area contributed by atoms with Crippen LogP contribution in [0.3, 0.4) is 0 Å². The third-order valence-corrected chi connectivity index (χ3v) is 11.3. The third-order valence-electron chi connectivity index (χ3n) is 11.3. The second-order valence-corrected chi connectivity index (χ2v) is 17.5. The molecule has 0 radical (unpaired) electrons. The van der Waals surface area contributed by atoms with Crippen LogP contribution in [0.1, 0.15) is 117 Å². The van der Waals surface area contributed by atoms with Crippen molar-refractivity contribution in [1.82, 2.24) is 36.1 Å². The van der Waals surface area contributed by atoms with E-state index in [0.29, 0.717) is 12.0 Å². The summed E-state index contributed by atoms with van der Waals surface area (Å²) in [5, 5.41) is 30.2. The number of nitrogens with zero attached hydrogens (tertiary/aromatic N) is 3. The van der Waals surface area contributed by atoms with E-state index in [2.05, 4.69) is 26.3 Å². The number of pyridine rings is 1. The van der Waals surface area contributed by atoms with Gasteiger partial charge in [0.05, 0.1) is 6.42 Å². The molecule has 6 atom stereocenters. The summed E-state index contributed by atoms with van der Waals surface area (Å²) in [7, 11) is 1.24. The molecule has 0 bridgehead atoms. The number of aromatic nitrogens is 1. The van der Waals surface area contributed by atoms with Crippen molar-refractivity contribution in [3.8, 4) is 0 Å². The van der Waals surface area contributed by atoms with Crippen LogP contribution in [0.2, 0.25) is 0 Å². The molecular weight excluding hydrogens is 817 g/mol. The van der Waals surface area contributed by atoms with E-state index in [1.165, 1.54) is 30.3 Å². The Labute approximate surface area is 368 Å². The summed E-state index contributed by atoms with van der Waals surface area (Å²) in [5.41, 5.74) is 6.00. The number of amides is 7. The first-order chi connectivity index (χ1) is 29.8. The number of carbonyl (C=O) groups excluding carboxylic acids is 7. The molecule has 2 aliphatic rings. The normalized spacial score (nSPS) is 17.9. The topological polar surface area (TPSA) is 288 Å². The van der Waals surface area contributed by atoms with E-state index in [1.807, 2.05) is 27.7 Å². The second-order valence-electron chi connectivity index (χ2n) is 17.5. The first kappa shape index (κ1) is 51.5. The Balaban J connectivity index is 1.88. The van der Waals surface area contributed by atoms with E-state index >= 15 is 0 Å². The Morgan fingerprint density at radius 1 is 0.841 bits per heavy atom. The second kappa shape index (κ2) is 25.3. The van der Waals surface area contributed by atoms with Crippen molar-refractivity contribution in [2.75, 3.05) is 13.6 Å². The van der Waals surface area contributed by atoms with Crippen LogP contribution in [0.25, 0.3) is 6.08 Å². The van der Waals surface area contributed by atoms with Crippen molar-refractivity contribution in [2.24, 2.45) is 23.5 Å². The van der Waals surface area contributed by atoms with E-state index in [9.17, 15) is 53.4 Å². The molecule has 8 N–H and O–H groups in total. The Morgan fingerprint density at radius 3 is 2.08 bits per heavy atom. The van der Waals surface area contributed by atoms with Crippen LogP contribution in [-0.2, 0) is 43.2 Å². The molecule has 0 spiro atoms. The van der Waals surface area contributed by atoms with E-state index in [0.717, 1.165) is 37.0 Å². The van der Waals surface area contributed by atoms with Crippen molar-refractivity contribution < 1.29 is 53.4 Å². The molecule has 1 aromatic rings. The van der Waals surface area contributed by atoms with Crippen LogP contribution in [0.5, 0.6) is 0 Å². The number of carboxylic acids is 2. The van der Waals surface area contributed by atoms with Gasteiger partial charge in [-0.1, -0.05) is 65.9 Å². The molecule has 1 aliphatic carbocycles.